The lowest BCUT2D eigenvalue weighted by Crippen LogP contribution is -2.61. The topological polar surface area (TPSA) is 11.4 Å². The molecule has 2 aliphatic heterocycles. The second-order valence-corrected chi connectivity index (χ2v) is 27.0. The zero-order valence-electron chi connectivity index (χ0n) is 52.9. The summed E-state index contributed by atoms with van der Waals surface area (Å²) in [6, 6.07) is 104. The SMILES string of the molecule is CCCCCCc1cc2c3c(c1)N(c1c(-c4ccccc4)cccc1-c1ccccc1)c1cc(-n4c5ccc(C(C)(C)C)cc5c5cc(C(C)(C)C)ccc54)ccc1B3c1cc(-c3ccccc3)ccc1N2c1c(-c2ccccc2)cccc1-c1ccccc1. The maximum absolute atomic E-state index is 2.73. The van der Waals surface area contributed by atoms with Crippen molar-refractivity contribution in [1.82, 2.24) is 4.57 Å². The van der Waals surface area contributed by atoms with Gasteiger partial charge in [0.15, 0.2) is 0 Å². The van der Waals surface area contributed by atoms with Gasteiger partial charge in [-0.15, -0.1) is 0 Å². The third-order valence-corrected chi connectivity index (χ3v) is 19.2. The number of aryl methyl sites for hydroxylation is 1. The second-order valence-electron chi connectivity index (χ2n) is 27.0. The smallest absolute Gasteiger partial charge is 0.252 e. The standard InChI is InChI=1S/C86H76BN3/c1-8-9-10-16-29-58-52-80-82-81(53-58)90(84-70(62-36-23-14-24-37-62)42-28-43-71(84)63-38-25-15-26-39-63)79-57-67(88-76-50-45-65(85(2,3)4)55-72(76)73-56-66(86(5,6)7)46-51-77(73)88)47-48-74(79)87(82)75-54-64(59-30-17-11-18-31-59)44-49-78(75)89(80)83-68(60-32-19-12-20-33-60)40-27-41-69(83)61-34-21-13-22-35-61/h11-15,17-28,30-57H,8-10,16,29H2,1-7H3. The van der Waals surface area contributed by atoms with Gasteiger partial charge in [-0.1, -0.05) is 286 Å². The van der Waals surface area contributed by atoms with Gasteiger partial charge < -0.3 is 14.4 Å². The van der Waals surface area contributed by atoms with E-state index in [2.05, 4.69) is 336 Å². The highest BCUT2D eigenvalue weighted by Crippen LogP contribution is 2.54. The lowest BCUT2D eigenvalue weighted by molar-refractivity contribution is 0.590. The number of unbranched alkanes of at least 4 members (excludes halogenated alkanes) is 3. The summed E-state index contributed by atoms with van der Waals surface area (Å²) in [7, 11) is 0. The van der Waals surface area contributed by atoms with Crippen LogP contribution >= 0.6 is 0 Å². The van der Waals surface area contributed by atoms with Crippen LogP contribution < -0.4 is 26.2 Å². The van der Waals surface area contributed by atoms with E-state index < -0.39 is 0 Å². The van der Waals surface area contributed by atoms with Crippen molar-refractivity contribution in [2.24, 2.45) is 0 Å². The van der Waals surface area contributed by atoms with Gasteiger partial charge in [-0.2, -0.15) is 0 Å². The van der Waals surface area contributed by atoms with Crippen LogP contribution in [0.5, 0.6) is 0 Å². The molecule has 0 saturated heterocycles. The summed E-state index contributed by atoms with van der Waals surface area (Å²) in [5.74, 6) is 0. The monoisotopic (exact) mass is 1160 g/mol. The second kappa shape index (κ2) is 22.9. The van der Waals surface area contributed by atoms with Gasteiger partial charge >= 0.3 is 0 Å². The average molecular weight is 1160 g/mol. The first-order valence-electron chi connectivity index (χ1n) is 32.6. The lowest BCUT2D eigenvalue weighted by Gasteiger charge is -2.46. The molecule has 13 aromatic rings. The van der Waals surface area contributed by atoms with Crippen LogP contribution in [0, 0.1) is 0 Å². The Balaban J connectivity index is 1.10. The van der Waals surface area contributed by atoms with Gasteiger partial charge in [-0.3, -0.25) is 0 Å². The predicted molar refractivity (Wildman–Crippen MR) is 387 cm³/mol. The number of fused-ring (bicyclic) bond motifs is 7. The number of para-hydroxylation sites is 2. The Morgan fingerprint density at radius 3 is 1.22 bits per heavy atom. The Kier molecular flexibility index (Phi) is 14.4. The molecule has 15 rings (SSSR count). The van der Waals surface area contributed by atoms with Gasteiger partial charge in [0, 0.05) is 61.5 Å². The highest BCUT2D eigenvalue weighted by atomic mass is 15.2. The van der Waals surface area contributed by atoms with Gasteiger partial charge in [-0.05, 0) is 145 Å². The zero-order chi connectivity index (χ0) is 61.3. The number of benzene rings is 12. The Labute approximate surface area is 532 Å². The van der Waals surface area contributed by atoms with Crippen molar-refractivity contribution in [2.75, 3.05) is 9.80 Å². The molecule has 3 nitrogen and oxygen atoms in total. The molecule has 0 amide bonds. The first-order valence-corrected chi connectivity index (χ1v) is 32.6. The fourth-order valence-corrected chi connectivity index (χ4v) is 14.6. The third kappa shape index (κ3) is 9.94. The summed E-state index contributed by atoms with van der Waals surface area (Å²) in [5, 5.41) is 2.56. The number of hydrogen-bond acceptors (Lipinski definition) is 2. The van der Waals surface area contributed by atoms with Crippen LogP contribution in [0.2, 0.25) is 0 Å². The summed E-state index contributed by atoms with van der Waals surface area (Å²) in [6.07, 6.45) is 5.61. The van der Waals surface area contributed by atoms with E-state index in [1.165, 1.54) is 158 Å². The fraction of sp³-hybridized carbons (Fsp3) is 0.163. The van der Waals surface area contributed by atoms with E-state index in [0.29, 0.717) is 0 Å². The van der Waals surface area contributed by atoms with Crippen molar-refractivity contribution in [3.05, 3.63) is 290 Å². The van der Waals surface area contributed by atoms with Gasteiger partial charge in [0.05, 0.1) is 22.4 Å². The molecule has 3 heterocycles. The Morgan fingerprint density at radius 1 is 0.333 bits per heavy atom. The first-order chi connectivity index (χ1) is 43.9. The number of anilines is 6. The lowest BCUT2D eigenvalue weighted by atomic mass is 9.33. The highest BCUT2D eigenvalue weighted by molar-refractivity contribution is 7.00. The van der Waals surface area contributed by atoms with Crippen LogP contribution in [0.3, 0.4) is 0 Å². The third-order valence-electron chi connectivity index (χ3n) is 19.2. The van der Waals surface area contributed by atoms with Crippen molar-refractivity contribution < 1.29 is 0 Å². The first kappa shape index (κ1) is 56.6. The van der Waals surface area contributed by atoms with Crippen molar-refractivity contribution in [2.45, 2.75) is 91.4 Å². The average Bonchev–Trinajstić information content (AvgIpc) is 0.718. The van der Waals surface area contributed by atoms with Crippen molar-refractivity contribution in [1.29, 1.82) is 0 Å². The maximum atomic E-state index is 2.73. The highest BCUT2D eigenvalue weighted by Gasteiger charge is 2.46. The Hall–Kier alpha value is -9.90. The molecule has 0 unspecified atom stereocenters. The normalized spacial score (nSPS) is 12.8. The van der Waals surface area contributed by atoms with Gasteiger partial charge in [-0.25, -0.2) is 0 Å². The van der Waals surface area contributed by atoms with Gasteiger partial charge in [0.25, 0.3) is 6.71 Å². The van der Waals surface area contributed by atoms with Crippen LogP contribution in [-0.4, -0.2) is 11.3 Å². The van der Waals surface area contributed by atoms with E-state index >= 15 is 0 Å². The summed E-state index contributed by atoms with van der Waals surface area (Å²) in [6.45, 7) is 16.2. The van der Waals surface area contributed by atoms with Crippen molar-refractivity contribution in [3.63, 3.8) is 0 Å². The van der Waals surface area contributed by atoms with Crippen LogP contribution in [0.4, 0.5) is 34.1 Å². The summed E-state index contributed by atoms with van der Waals surface area (Å²) in [4.78, 5) is 5.41. The minimum atomic E-state index is -0.158. The molecule has 1 aromatic heterocycles. The van der Waals surface area contributed by atoms with E-state index in [-0.39, 0.29) is 17.5 Å². The van der Waals surface area contributed by atoms with Crippen LogP contribution in [0.15, 0.2) is 273 Å². The minimum Gasteiger partial charge on any atom is -0.310 e. The van der Waals surface area contributed by atoms with E-state index in [1.807, 2.05) is 0 Å². The Bertz CT molecular complexity index is 4630. The van der Waals surface area contributed by atoms with Crippen LogP contribution in [-0.2, 0) is 17.3 Å². The molecule has 0 bridgehead atoms. The molecule has 90 heavy (non-hydrogen) atoms. The number of rotatable bonds is 13. The molecule has 0 saturated carbocycles. The van der Waals surface area contributed by atoms with Crippen molar-refractivity contribution >= 4 is 79.0 Å². The molecule has 0 spiro atoms. The maximum Gasteiger partial charge on any atom is 0.252 e. The molecule has 0 N–H and O–H groups in total. The summed E-state index contributed by atoms with van der Waals surface area (Å²) >= 11 is 0. The molecule has 0 radical (unpaired) electrons. The Morgan fingerprint density at radius 2 is 0.778 bits per heavy atom. The molecule has 12 aromatic carbocycles. The summed E-state index contributed by atoms with van der Waals surface area (Å²) in [5.41, 5.74) is 30.2. The van der Waals surface area contributed by atoms with E-state index in [9.17, 15) is 0 Å². The van der Waals surface area contributed by atoms with E-state index in [0.717, 1.165) is 24.2 Å². The van der Waals surface area contributed by atoms with Crippen LogP contribution in [0.1, 0.15) is 90.8 Å². The number of nitrogens with zero attached hydrogens (tertiary/aromatic N) is 3. The molecule has 2 aliphatic rings. The molecular formula is C86H76BN3. The quantitative estimate of drug-likeness (QED) is 0.0842. The number of aromatic nitrogens is 1. The summed E-state index contributed by atoms with van der Waals surface area (Å²) < 4.78 is 2.56. The molecular weight excluding hydrogens is 1090 g/mol. The molecule has 4 heteroatoms. The molecule has 0 fully saturated rings. The number of hydrogen-bond donors (Lipinski definition) is 0. The largest absolute Gasteiger partial charge is 0.310 e. The van der Waals surface area contributed by atoms with E-state index in [4.69, 9.17) is 0 Å². The predicted octanol–water partition coefficient (Wildman–Crippen LogP) is 21.9. The molecule has 0 atom stereocenters. The molecule has 438 valence electrons. The van der Waals surface area contributed by atoms with Gasteiger partial charge in [0.2, 0.25) is 0 Å². The molecule has 0 aliphatic carbocycles. The van der Waals surface area contributed by atoms with Crippen molar-refractivity contribution in [3.8, 4) is 61.3 Å². The fourth-order valence-electron chi connectivity index (χ4n) is 14.6. The van der Waals surface area contributed by atoms with E-state index in [1.54, 1.807) is 0 Å². The van der Waals surface area contributed by atoms with Gasteiger partial charge in [0.1, 0.15) is 0 Å². The zero-order valence-corrected chi connectivity index (χ0v) is 52.9. The van der Waals surface area contributed by atoms with Crippen LogP contribution in [0.25, 0.3) is 83.1 Å². The minimum absolute atomic E-state index is 0.0285.